The highest BCUT2D eigenvalue weighted by atomic mass is 35.5. The summed E-state index contributed by atoms with van der Waals surface area (Å²) in [6, 6.07) is 1.15. The van der Waals surface area contributed by atoms with Gasteiger partial charge in [-0.2, -0.15) is 0 Å². The van der Waals surface area contributed by atoms with E-state index < -0.39 is 329 Å². The molecule has 0 amide bonds. The van der Waals surface area contributed by atoms with E-state index in [1.54, 1.807) is 0 Å². The van der Waals surface area contributed by atoms with Gasteiger partial charge in [0, 0.05) is 55.4 Å². The summed E-state index contributed by atoms with van der Waals surface area (Å²) in [4.78, 5) is 19.3. The first-order valence-corrected chi connectivity index (χ1v) is 29.4. The van der Waals surface area contributed by atoms with Crippen LogP contribution in [0.4, 0.5) is 132 Å². The normalized spacial score (nSPS) is 12.8. The smallest absolute Gasteiger partial charge is 0.200 e. The Morgan fingerprint density at radius 2 is 0.311 bits per heavy atom. The second-order valence-electron chi connectivity index (χ2n) is 21.8. The van der Waals surface area contributed by atoms with Crippen LogP contribution in [0.15, 0.2) is 24.3 Å². The molecule has 4 aliphatic heterocycles. The Hall–Kier alpha value is -10.7. The van der Waals surface area contributed by atoms with Crippen molar-refractivity contribution in [2.75, 3.05) is 0 Å². The third-order valence-corrected chi connectivity index (χ3v) is 17.8. The number of nitrogens with zero attached hydrogens (tertiary/aromatic N) is 4. The summed E-state index contributed by atoms with van der Waals surface area (Å²) in [5.41, 5.74) is -43.3. The third-order valence-electron chi connectivity index (χ3n) is 16.1. The van der Waals surface area contributed by atoms with Crippen molar-refractivity contribution < 1.29 is 132 Å². The van der Waals surface area contributed by atoms with Crippen LogP contribution >= 0.6 is 46.4 Å². The van der Waals surface area contributed by atoms with Gasteiger partial charge in [0.15, 0.2) is 140 Å². The van der Waals surface area contributed by atoms with Crippen LogP contribution in [0.3, 0.4) is 0 Å². The number of halogens is 34. The Bertz CT molecular complexity index is 5620. The molecule has 13 rings (SSSR count). The molecular weight excluding hydrogens is 1590 g/mol. The SMILES string of the molecule is Fc1c(F)c(F)c(-c2c3nc(c(-c4c(F)c(F)c(F)c(F)c4F)c4ccc([nH]4)c(-c4c(F)c(F)c(F)c(F)c4F)c4nc(c(-c5c(F)c(F)c(F)c(F)c5F)c5nc(c(-c6c(F)c(F)c(F)c(F)c6F)c6ccc([nH]6)c(-c6c(F)c(F)c(F)c(F)c6F)c6nc2C(Cl)=C6Cl)C=C5)C(Cl)=C4Cl)C=C3)c(F)c1F. The van der Waals surface area contributed by atoms with Crippen molar-refractivity contribution >= 4 is 113 Å². The van der Waals surface area contributed by atoms with Crippen molar-refractivity contribution in [3.8, 4) is 66.8 Å². The minimum atomic E-state index is -3.01. The Kier molecular flexibility index (Phi) is 18.1. The van der Waals surface area contributed by atoms with E-state index >= 15 is 105 Å². The molecule has 0 fully saturated rings. The van der Waals surface area contributed by atoms with Gasteiger partial charge in [-0.05, 0) is 48.6 Å². The molecule has 542 valence electrons. The highest BCUT2D eigenvalue weighted by Crippen LogP contribution is 2.52. The Balaban J connectivity index is 1.39. The van der Waals surface area contributed by atoms with Gasteiger partial charge in [-0.25, -0.2) is 152 Å². The molecule has 40 heteroatoms. The zero-order valence-electron chi connectivity index (χ0n) is 49.3. The van der Waals surface area contributed by atoms with Gasteiger partial charge in [0.2, 0.25) is 34.9 Å². The monoisotopic (exact) mass is 1600 g/mol. The lowest BCUT2D eigenvalue weighted by Gasteiger charge is -2.12. The number of aromatic nitrogens is 6. The van der Waals surface area contributed by atoms with E-state index in [-0.39, 0.29) is 36.4 Å². The lowest BCUT2D eigenvalue weighted by molar-refractivity contribution is 0.381. The van der Waals surface area contributed by atoms with Crippen molar-refractivity contribution in [2.45, 2.75) is 0 Å². The van der Waals surface area contributed by atoms with Crippen LogP contribution in [0.2, 0.25) is 0 Å². The maximum Gasteiger partial charge on any atom is 0.200 e. The van der Waals surface area contributed by atoms with Gasteiger partial charge < -0.3 is 9.97 Å². The number of fused-ring (bicyclic) bond motifs is 12. The molecule has 0 unspecified atom stereocenters. The Morgan fingerprint density at radius 1 is 0.170 bits per heavy atom. The van der Waals surface area contributed by atoms with E-state index in [0.717, 1.165) is 0 Å². The molecule has 0 saturated carbocycles. The molecule has 0 saturated heterocycles. The van der Waals surface area contributed by atoms with Crippen LogP contribution in [-0.2, 0) is 0 Å². The van der Waals surface area contributed by atoms with Crippen LogP contribution in [0, 0.1) is 175 Å². The number of H-pyrrole nitrogens is 2. The molecule has 0 spiro atoms. The summed E-state index contributed by atoms with van der Waals surface area (Å²) >= 11 is 26.5. The second kappa shape index (κ2) is 26.1. The zero-order chi connectivity index (χ0) is 77.4. The van der Waals surface area contributed by atoms with Crippen molar-refractivity contribution in [1.82, 2.24) is 29.9 Å². The standard InChI is InChI=1S/C66H10Cl4F30N6/c67-29-30(68)64-21(27-41(79)53(91)61(99)54(92)42(27)80)15-7-3-11(103-15)18(24-35(73)47(85)58(96)48(86)36(24)74)12-4-8-16(104-12)22(28-43(81)55(93)62(100)56(94)44(28)82)66-32(70)31(69)65(106-66)20(26-39(77)51(89)60(98)52(90)40(26)78)14-6-2-10(102-14)17(23-33(71)45(83)57(95)46(84)34(23)72)9-1-5-13(101-9)19(63(29)105-64)25-37(75)49(87)59(97)50(88)38(25)76/h1-8,101,104H. The van der Waals surface area contributed by atoms with Crippen molar-refractivity contribution in [1.29, 1.82) is 0 Å². The Labute approximate surface area is 583 Å². The van der Waals surface area contributed by atoms with Crippen LogP contribution in [0.5, 0.6) is 0 Å². The highest BCUT2D eigenvalue weighted by molar-refractivity contribution is 6.67. The average molecular weight is 1600 g/mol. The first-order chi connectivity index (χ1) is 49.8. The lowest BCUT2D eigenvalue weighted by Crippen LogP contribution is -2.07. The lowest BCUT2D eigenvalue weighted by atomic mass is 9.99. The summed E-state index contributed by atoms with van der Waals surface area (Å²) in [7, 11) is 0. The first kappa shape index (κ1) is 73.6. The van der Waals surface area contributed by atoms with E-state index in [2.05, 4.69) is 19.9 Å². The topological polar surface area (TPSA) is 83.1 Å². The van der Waals surface area contributed by atoms with E-state index in [1.807, 2.05) is 9.97 Å². The van der Waals surface area contributed by atoms with Gasteiger partial charge in [0.25, 0.3) is 0 Å². The molecule has 12 bridgehead atoms. The maximum atomic E-state index is 16.6. The summed E-state index contributed by atoms with van der Waals surface area (Å²) in [6.45, 7) is 0. The minimum absolute atomic E-state index is 0.242. The van der Waals surface area contributed by atoms with E-state index in [4.69, 9.17) is 46.4 Å². The molecule has 2 N–H and O–H groups in total. The van der Waals surface area contributed by atoms with Crippen molar-refractivity contribution in [3.05, 3.63) is 244 Å². The summed E-state index contributed by atoms with van der Waals surface area (Å²) in [5.74, 6) is -88.8. The molecular formula is C66H10Cl4F30N6. The fourth-order valence-corrected chi connectivity index (χ4v) is 12.3. The number of nitrogens with one attached hydrogen (secondary N) is 2. The minimum Gasteiger partial charge on any atom is -0.354 e. The van der Waals surface area contributed by atoms with Gasteiger partial charge in [0.05, 0.1) is 99.1 Å². The molecule has 3 aromatic heterocycles. The van der Waals surface area contributed by atoms with Gasteiger partial charge in [-0.1, -0.05) is 46.4 Å². The fourth-order valence-electron chi connectivity index (χ4n) is 11.4. The molecule has 0 aliphatic carbocycles. The van der Waals surface area contributed by atoms with Crippen LogP contribution in [0.1, 0.15) is 45.6 Å². The summed E-state index contributed by atoms with van der Waals surface area (Å²) < 4.78 is 477. The molecule has 6 nitrogen and oxygen atoms in total. The number of hydrogen-bond donors (Lipinski definition) is 2. The predicted octanol–water partition coefficient (Wildman–Crippen LogP) is 23.1. The van der Waals surface area contributed by atoms with Crippen LogP contribution in [0.25, 0.3) is 133 Å². The average Bonchev–Trinajstić information content (AvgIpc) is 1.56. The molecule has 6 aromatic carbocycles. The van der Waals surface area contributed by atoms with Gasteiger partial charge >= 0.3 is 0 Å². The first-order valence-electron chi connectivity index (χ1n) is 27.9. The van der Waals surface area contributed by atoms with Gasteiger partial charge in [0.1, 0.15) is 0 Å². The van der Waals surface area contributed by atoms with Crippen molar-refractivity contribution in [2.24, 2.45) is 0 Å². The van der Waals surface area contributed by atoms with Crippen LogP contribution < -0.4 is 0 Å². The summed E-state index contributed by atoms with van der Waals surface area (Å²) in [6.07, 6.45) is 1.01. The molecule has 9 aromatic rings. The third kappa shape index (κ3) is 10.6. The van der Waals surface area contributed by atoms with E-state index in [9.17, 15) is 26.3 Å². The number of rotatable bonds is 6. The number of aromatic amines is 2. The van der Waals surface area contributed by atoms with E-state index in [1.165, 1.54) is 0 Å². The molecule has 0 radical (unpaired) electrons. The van der Waals surface area contributed by atoms with Gasteiger partial charge in [-0.3, -0.25) is 0 Å². The fraction of sp³-hybridized carbons (Fsp3) is 0. The molecule has 7 heterocycles. The zero-order valence-corrected chi connectivity index (χ0v) is 52.3. The molecule has 106 heavy (non-hydrogen) atoms. The molecule has 0 atom stereocenters. The molecule has 4 aliphatic rings. The number of benzene rings is 6. The second-order valence-corrected chi connectivity index (χ2v) is 23.3. The highest BCUT2D eigenvalue weighted by Gasteiger charge is 2.41. The van der Waals surface area contributed by atoms with Crippen LogP contribution in [-0.4, -0.2) is 29.9 Å². The number of hydrogen-bond acceptors (Lipinski definition) is 4. The Morgan fingerprint density at radius 3 is 0.509 bits per heavy atom. The predicted molar refractivity (Wildman–Crippen MR) is 318 cm³/mol. The van der Waals surface area contributed by atoms with Crippen molar-refractivity contribution in [3.63, 3.8) is 0 Å². The maximum absolute atomic E-state index is 16.6. The van der Waals surface area contributed by atoms with Gasteiger partial charge in [-0.15, -0.1) is 0 Å². The summed E-state index contributed by atoms with van der Waals surface area (Å²) in [5, 5.41) is -6.27. The van der Waals surface area contributed by atoms with E-state index in [0.29, 0.717) is 12.1 Å². The largest absolute Gasteiger partial charge is 0.354 e. The quantitative estimate of drug-likeness (QED) is 0.0987.